The maximum atomic E-state index is 12.2. The van der Waals surface area contributed by atoms with Gasteiger partial charge in [-0.05, 0) is 11.6 Å². The molecule has 1 aliphatic carbocycles. The number of Topliss-reactive ketones (excluding diaryl/α,β-unsaturated/α-hetero) is 1. The average Bonchev–Trinajstić information content (AvgIpc) is 2.74. The first-order valence-electron chi connectivity index (χ1n) is 6.47. The number of benzene rings is 1. The Hall–Kier alpha value is -2.04. The monoisotopic (exact) mass is 277 g/mol. The Balaban J connectivity index is 2.41. The Morgan fingerprint density at radius 2 is 2.00 bits per heavy atom. The van der Waals surface area contributed by atoms with Crippen molar-refractivity contribution in [2.75, 3.05) is 28.3 Å². The average molecular weight is 277 g/mol. The fourth-order valence-electron chi connectivity index (χ4n) is 2.52. The summed E-state index contributed by atoms with van der Waals surface area (Å²) in [5.74, 6) is 1.09. The van der Waals surface area contributed by atoms with Crippen molar-refractivity contribution in [2.45, 2.75) is 18.8 Å². The SMILES string of the molecule is COc1cc(OC)c2c(c1)C(CC(=O)N(C)C)CC2=O. The molecule has 0 fully saturated rings. The summed E-state index contributed by atoms with van der Waals surface area (Å²) in [6.45, 7) is 0. The molecule has 108 valence electrons. The lowest BCUT2D eigenvalue weighted by molar-refractivity contribution is -0.129. The summed E-state index contributed by atoms with van der Waals surface area (Å²) in [6, 6.07) is 3.53. The van der Waals surface area contributed by atoms with E-state index >= 15 is 0 Å². The van der Waals surface area contributed by atoms with Gasteiger partial charge >= 0.3 is 0 Å². The van der Waals surface area contributed by atoms with Gasteiger partial charge in [-0.25, -0.2) is 0 Å². The van der Waals surface area contributed by atoms with Gasteiger partial charge in [0, 0.05) is 38.9 Å². The van der Waals surface area contributed by atoms with Crippen LogP contribution in [0.25, 0.3) is 0 Å². The Kier molecular flexibility index (Phi) is 3.97. The number of carbonyl (C=O) groups is 2. The quantitative estimate of drug-likeness (QED) is 0.843. The zero-order valence-electron chi connectivity index (χ0n) is 12.2. The largest absolute Gasteiger partial charge is 0.497 e. The Morgan fingerprint density at radius 1 is 1.30 bits per heavy atom. The van der Waals surface area contributed by atoms with Crippen molar-refractivity contribution in [1.82, 2.24) is 4.90 Å². The van der Waals surface area contributed by atoms with Gasteiger partial charge in [-0.2, -0.15) is 0 Å². The van der Waals surface area contributed by atoms with Gasteiger partial charge in [0.1, 0.15) is 11.5 Å². The van der Waals surface area contributed by atoms with Gasteiger partial charge in [0.15, 0.2) is 5.78 Å². The van der Waals surface area contributed by atoms with E-state index in [0.29, 0.717) is 29.9 Å². The minimum absolute atomic E-state index is 0.0115. The fourth-order valence-corrected chi connectivity index (χ4v) is 2.52. The molecule has 1 aromatic rings. The van der Waals surface area contributed by atoms with Crippen LogP contribution in [-0.2, 0) is 4.79 Å². The second kappa shape index (κ2) is 5.53. The molecule has 20 heavy (non-hydrogen) atoms. The number of ketones is 1. The molecule has 5 nitrogen and oxygen atoms in total. The molecule has 1 aromatic carbocycles. The Morgan fingerprint density at radius 3 is 2.55 bits per heavy atom. The Labute approximate surface area is 118 Å². The third kappa shape index (κ3) is 2.48. The molecule has 0 N–H and O–H groups in total. The summed E-state index contributed by atoms with van der Waals surface area (Å²) in [6.07, 6.45) is 0.667. The summed E-state index contributed by atoms with van der Waals surface area (Å²) in [5.41, 5.74) is 1.44. The van der Waals surface area contributed by atoms with Crippen LogP contribution < -0.4 is 9.47 Å². The van der Waals surface area contributed by atoms with Crippen molar-refractivity contribution in [2.24, 2.45) is 0 Å². The van der Waals surface area contributed by atoms with Crippen molar-refractivity contribution < 1.29 is 19.1 Å². The van der Waals surface area contributed by atoms with Crippen LogP contribution in [0, 0.1) is 0 Å². The summed E-state index contributed by atoms with van der Waals surface area (Å²) in [7, 11) is 6.52. The first-order valence-corrected chi connectivity index (χ1v) is 6.47. The molecule has 0 spiro atoms. The summed E-state index contributed by atoms with van der Waals surface area (Å²) in [5, 5.41) is 0. The summed E-state index contributed by atoms with van der Waals surface area (Å²) in [4.78, 5) is 25.6. The molecule has 0 aromatic heterocycles. The van der Waals surface area contributed by atoms with E-state index < -0.39 is 0 Å². The number of amides is 1. The van der Waals surface area contributed by atoms with Crippen molar-refractivity contribution in [3.05, 3.63) is 23.3 Å². The number of carbonyl (C=O) groups excluding carboxylic acids is 2. The number of fused-ring (bicyclic) bond motifs is 1. The van der Waals surface area contributed by atoms with E-state index in [1.807, 2.05) is 6.07 Å². The zero-order valence-corrected chi connectivity index (χ0v) is 12.2. The minimum atomic E-state index is -0.101. The van der Waals surface area contributed by atoms with Crippen molar-refractivity contribution in [1.29, 1.82) is 0 Å². The van der Waals surface area contributed by atoms with Crippen LogP contribution in [0.1, 0.15) is 34.7 Å². The molecule has 1 unspecified atom stereocenters. The first-order chi connectivity index (χ1) is 9.47. The maximum absolute atomic E-state index is 12.2. The molecule has 1 amide bonds. The number of ether oxygens (including phenoxy) is 2. The highest BCUT2D eigenvalue weighted by Crippen LogP contribution is 2.42. The van der Waals surface area contributed by atoms with E-state index in [2.05, 4.69) is 0 Å². The molecular formula is C15H19NO4. The summed E-state index contributed by atoms with van der Waals surface area (Å²) < 4.78 is 10.5. The molecule has 2 rings (SSSR count). The number of hydrogen-bond donors (Lipinski definition) is 0. The molecule has 1 aliphatic rings. The molecule has 0 bridgehead atoms. The lowest BCUT2D eigenvalue weighted by atomic mass is 9.96. The highest BCUT2D eigenvalue weighted by molar-refractivity contribution is 6.04. The number of rotatable bonds is 4. The van der Waals surface area contributed by atoms with Crippen molar-refractivity contribution in [3.8, 4) is 11.5 Å². The molecule has 0 radical (unpaired) electrons. The van der Waals surface area contributed by atoms with E-state index in [1.54, 1.807) is 32.2 Å². The van der Waals surface area contributed by atoms with Crippen LogP contribution >= 0.6 is 0 Å². The predicted molar refractivity (Wildman–Crippen MR) is 74.5 cm³/mol. The molecule has 0 aliphatic heterocycles. The van der Waals surface area contributed by atoms with E-state index in [1.165, 1.54) is 7.11 Å². The van der Waals surface area contributed by atoms with Gasteiger partial charge in [0.25, 0.3) is 0 Å². The highest BCUT2D eigenvalue weighted by atomic mass is 16.5. The standard InChI is InChI=1S/C15H19NO4/c1-16(2)14(18)6-9-5-12(17)15-11(9)7-10(19-3)8-13(15)20-4/h7-9H,5-6H2,1-4H3. The number of hydrogen-bond acceptors (Lipinski definition) is 4. The highest BCUT2D eigenvalue weighted by Gasteiger charge is 2.34. The van der Waals surface area contributed by atoms with Gasteiger partial charge in [-0.1, -0.05) is 0 Å². The maximum Gasteiger partial charge on any atom is 0.222 e. The van der Waals surface area contributed by atoms with E-state index in [0.717, 1.165) is 5.56 Å². The number of methoxy groups -OCH3 is 2. The zero-order chi connectivity index (χ0) is 14.9. The van der Waals surface area contributed by atoms with Crippen LogP contribution in [0.2, 0.25) is 0 Å². The smallest absolute Gasteiger partial charge is 0.222 e. The van der Waals surface area contributed by atoms with Crippen LogP contribution in [0.5, 0.6) is 11.5 Å². The van der Waals surface area contributed by atoms with E-state index in [4.69, 9.17) is 9.47 Å². The number of nitrogens with zero attached hydrogens (tertiary/aromatic N) is 1. The fraction of sp³-hybridized carbons (Fsp3) is 0.467. The van der Waals surface area contributed by atoms with Crippen LogP contribution in [0.4, 0.5) is 0 Å². The minimum Gasteiger partial charge on any atom is -0.497 e. The molecule has 0 saturated carbocycles. The van der Waals surface area contributed by atoms with Crippen LogP contribution in [0.15, 0.2) is 12.1 Å². The summed E-state index contributed by atoms with van der Waals surface area (Å²) >= 11 is 0. The molecule has 0 heterocycles. The molecular weight excluding hydrogens is 258 g/mol. The van der Waals surface area contributed by atoms with Gasteiger partial charge in [-0.3, -0.25) is 9.59 Å². The van der Waals surface area contributed by atoms with Gasteiger partial charge in [0.2, 0.25) is 5.91 Å². The van der Waals surface area contributed by atoms with Crippen molar-refractivity contribution >= 4 is 11.7 Å². The van der Waals surface area contributed by atoms with Crippen LogP contribution in [0.3, 0.4) is 0 Å². The molecule has 5 heteroatoms. The third-order valence-electron chi connectivity index (χ3n) is 3.63. The van der Waals surface area contributed by atoms with E-state index in [9.17, 15) is 9.59 Å². The van der Waals surface area contributed by atoms with Crippen molar-refractivity contribution in [3.63, 3.8) is 0 Å². The normalized spacial score (nSPS) is 16.8. The first kappa shape index (κ1) is 14.4. The lowest BCUT2D eigenvalue weighted by Gasteiger charge is -2.16. The lowest BCUT2D eigenvalue weighted by Crippen LogP contribution is -2.23. The second-order valence-corrected chi connectivity index (χ2v) is 5.11. The third-order valence-corrected chi connectivity index (χ3v) is 3.63. The predicted octanol–water partition coefficient (Wildman–Crippen LogP) is 1.85. The molecule has 1 atom stereocenters. The van der Waals surface area contributed by atoms with Gasteiger partial charge < -0.3 is 14.4 Å². The van der Waals surface area contributed by atoms with Crippen LogP contribution in [-0.4, -0.2) is 44.9 Å². The Bertz CT molecular complexity index is 551. The van der Waals surface area contributed by atoms with Gasteiger partial charge in [-0.15, -0.1) is 0 Å². The molecule has 0 saturated heterocycles. The van der Waals surface area contributed by atoms with Gasteiger partial charge in [0.05, 0.1) is 19.8 Å². The topological polar surface area (TPSA) is 55.8 Å². The second-order valence-electron chi connectivity index (χ2n) is 5.11. The van der Waals surface area contributed by atoms with E-state index in [-0.39, 0.29) is 17.6 Å².